The van der Waals surface area contributed by atoms with Gasteiger partial charge in [0.2, 0.25) is 21.1 Å². The number of hydrogen-bond acceptors (Lipinski definition) is 7. The average molecular weight is 499 g/mol. The molecule has 1 aromatic heterocycles. The van der Waals surface area contributed by atoms with Crippen LogP contribution in [0.25, 0.3) is 0 Å². The van der Waals surface area contributed by atoms with Crippen LogP contribution in [0.1, 0.15) is 18.4 Å². The molecule has 170 valence electrons. The molecule has 0 saturated heterocycles. The quantitative estimate of drug-likeness (QED) is 0.331. The van der Waals surface area contributed by atoms with Crippen LogP contribution in [0, 0.1) is 11.6 Å². The molecule has 0 spiro atoms. The Kier molecular flexibility index (Phi) is 8.15. The van der Waals surface area contributed by atoms with E-state index >= 15 is 0 Å². The molecular weight excluding hydrogens is 478 g/mol. The topological polar surface area (TPSA) is 92.3 Å². The zero-order valence-corrected chi connectivity index (χ0v) is 19.4. The number of hydrogen-bond donors (Lipinski definition) is 1. The molecule has 0 fully saturated rings. The standard InChI is InChI=1S/C20H20F2N4O3S3/c1-32(28,29)26(15-9-10-16(21)17(22)12-15)11-5-8-18(27)23-19-24-25-20(31-19)30-13-14-6-3-2-4-7-14/h2-4,6-7,9-10,12H,5,8,11,13H2,1H3,(H,23,24,27). The first-order chi connectivity index (χ1) is 15.2. The molecule has 2 aromatic carbocycles. The van der Waals surface area contributed by atoms with E-state index in [1.54, 1.807) is 0 Å². The van der Waals surface area contributed by atoms with E-state index in [2.05, 4.69) is 15.5 Å². The molecule has 3 rings (SSSR count). The molecule has 0 atom stereocenters. The largest absolute Gasteiger partial charge is 0.301 e. The Morgan fingerprint density at radius 1 is 1.12 bits per heavy atom. The highest BCUT2D eigenvalue weighted by Gasteiger charge is 2.19. The summed E-state index contributed by atoms with van der Waals surface area (Å²) in [7, 11) is -3.74. The van der Waals surface area contributed by atoms with Gasteiger partial charge in [-0.2, -0.15) is 0 Å². The van der Waals surface area contributed by atoms with E-state index in [1.165, 1.54) is 29.2 Å². The van der Waals surface area contributed by atoms with Crippen LogP contribution in [0.15, 0.2) is 52.9 Å². The van der Waals surface area contributed by atoms with Crippen molar-refractivity contribution in [2.24, 2.45) is 0 Å². The van der Waals surface area contributed by atoms with E-state index in [-0.39, 0.29) is 31.0 Å². The maximum absolute atomic E-state index is 13.5. The predicted molar refractivity (Wildman–Crippen MR) is 122 cm³/mol. The lowest BCUT2D eigenvalue weighted by molar-refractivity contribution is -0.116. The molecular formula is C20H20F2N4O3S3. The van der Waals surface area contributed by atoms with E-state index < -0.39 is 21.7 Å². The third-order valence-electron chi connectivity index (χ3n) is 4.21. The lowest BCUT2D eigenvalue weighted by Gasteiger charge is -2.22. The predicted octanol–water partition coefficient (Wildman–Crippen LogP) is 4.29. The number of rotatable bonds is 10. The number of thioether (sulfide) groups is 1. The van der Waals surface area contributed by atoms with Crippen LogP contribution in [-0.4, -0.2) is 37.3 Å². The number of aromatic nitrogens is 2. The second-order valence-corrected chi connectivity index (χ2v) is 10.8. The van der Waals surface area contributed by atoms with E-state index in [1.807, 2.05) is 30.3 Å². The van der Waals surface area contributed by atoms with E-state index in [9.17, 15) is 22.0 Å². The van der Waals surface area contributed by atoms with Crippen LogP contribution >= 0.6 is 23.1 Å². The molecule has 0 bridgehead atoms. The number of halogens is 2. The summed E-state index contributed by atoms with van der Waals surface area (Å²) >= 11 is 2.76. The van der Waals surface area contributed by atoms with E-state index in [0.29, 0.717) is 9.47 Å². The lowest BCUT2D eigenvalue weighted by Crippen LogP contribution is -2.31. The summed E-state index contributed by atoms with van der Waals surface area (Å²) in [5, 5.41) is 11.0. The highest BCUT2D eigenvalue weighted by atomic mass is 32.2. The lowest BCUT2D eigenvalue weighted by atomic mass is 10.2. The van der Waals surface area contributed by atoms with Gasteiger partial charge in [-0.1, -0.05) is 53.4 Å². The third kappa shape index (κ3) is 6.97. The fourth-order valence-electron chi connectivity index (χ4n) is 2.73. The van der Waals surface area contributed by atoms with Crippen molar-refractivity contribution in [3.63, 3.8) is 0 Å². The molecule has 1 heterocycles. The zero-order chi connectivity index (χ0) is 23.1. The highest BCUT2D eigenvalue weighted by Crippen LogP contribution is 2.28. The molecule has 1 amide bonds. The van der Waals surface area contributed by atoms with Crippen LogP contribution in [0.3, 0.4) is 0 Å². The van der Waals surface area contributed by atoms with E-state index in [4.69, 9.17) is 0 Å². The van der Waals surface area contributed by atoms with Gasteiger partial charge in [-0.05, 0) is 24.1 Å². The van der Waals surface area contributed by atoms with Crippen molar-refractivity contribution in [2.45, 2.75) is 22.9 Å². The first kappa shape index (κ1) is 24.1. The van der Waals surface area contributed by atoms with Crippen molar-refractivity contribution >= 4 is 49.8 Å². The molecule has 0 aliphatic heterocycles. The second kappa shape index (κ2) is 10.8. The number of nitrogens with one attached hydrogen (secondary N) is 1. The van der Waals surface area contributed by atoms with Crippen LogP contribution in [0.4, 0.5) is 19.6 Å². The Morgan fingerprint density at radius 3 is 2.56 bits per heavy atom. The number of anilines is 2. The molecule has 0 radical (unpaired) electrons. The van der Waals surface area contributed by atoms with Crippen LogP contribution in [0.2, 0.25) is 0 Å². The van der Waals surface area contributed by atoms with Gasteiger partial charge >= 0.3 is 0 Å². The smallest absolute Gasteiger partial charge is 0.232 e. The first-order valence-corrected chi connectivity index (χ1v) is 13.1. The Hall–Kier alpha value is -2.57. The molecule has 1 N–H and O–H groups in total. The maximum Gasteiger partial charge on any atom is 0.232 e. The van der Waals surface area contributed by atoms with Crippen molar-refractivity contribution < 1.29 is 22.0 Å². The Labute approximate surface area is 192 Å². The molecule has 0 aliphatic rings. The minimum absolute atomic E-state index is 0.00369. The minimum atomic E-state index is -3.74. The normalized spacial score (nSPS) is 11.3. The van der Waals surface area contributed by atoms with Crippen molar-refractivity contribution in [2.75, 3.05) is 22.4 Å². The molecule has 3 aromatic rings. The average Bonchev–Trinajstić information content (AvgIpc) is 3.19. The van der Waals surface area contributed by atoms with Gasteiger partial charge in [0.15, 0.2) is 16.0 Å². The summed E-state index contributed by atoms with van der Waals surface area (Å²) in [6, 6.07) is 12.7. The number of carbonyl (C=O) groups is 1. The Balaban J connectivity index is 1.50. The number of nitrogens with zero attached hydrogens (tertiary/aromatic N) is 3. The molecule has 32 heavy (non-hydrogen) atoms. The number of sulfonamides is 1. The second-order valence-electron chi connectivity index (χ2n) is 6.73. The van der Waals surface area contributed by atoms with Crippen molar-refractivity contribution in [1.29, 1.82) is 0 Å². The third-order valence-corrected chi connectivity index (χ3v) is 7.45. The van der Waals surface area contributed by atoms with Gasteiger partial charge in [-0.3, -0.25) is 9.10 Å². The minimum Gasteiger partial charge on any atom is -0.301 e. The zero-order valence-electron chi connectivity index (χ0n) is 17.0. The van der Waals surface area contributed by atoms with Crippen LogP contribution < -0.4 is 9.62 Å². The summed E-state index contributed by atoms with van der Waals surface area (Å²) in [6.45, 7) is -0.0639. The summed E-state index contributed by atoms with van der Waals surface area (Å²) in [5.74, 6) is -1.83. The van der Waals surface area contributed by atoms with Crippen molar-refractivity contribution in [3.8, 4) is 0 Å². The highest BCUT2D eigenvalue weighted by molar-refractivity contribution is 8.00. The van der Waals surface area contributed by atoms with Crippen LogP contribution in [0.5, 0.6) is 0 Å². The number of amides is 1. The molecule has 0 unspecified atom stereocenters. The van der Waals surface area contributed by atoms with Gasteiger partial charge in [-0.15, -0.1) is 10.2 Å². The van der Waals surface area contributed by atoms with Gasteiger partial charge in [-0.25, -0.2) is 17.2 Å². The molecule has 12 heteroatoms. The fourth-order valence-corrected chi connectivity index (χ4v) is 5.41. The van der Waals surface area contributed by atoms with Crippen molar-refractivity contribution in [1.82, 2.24) is 10.2 Å². The number of benzene rings is 2. The van der Waals surface area contributed by atoms with Crippen LogP contribution in [-0.2, 0) is 20.6 Å². The van der Waals surface area contributed by atoms with Gasteiger partial charge in [0.25, 0.3) is 0 Å². The maximum atomic E-state index is 13.5. The monoisotopic (exact) mass is 498 g/mol. The van der Waals surface area contributed by atoms with Gasteiger partial charge in [0.1, 0.15) is 0 Å². The fraction of sp³-hybridized carbons (Fsp3) is 0.250. The molecule has 0 saturated carbocycles. The summed E-state index contributed by atoms with van der Waals surface area (Å²) < 4.78 is 52.4. The number of carbonyl (C=O) groups excluding carboxylic acids is 1. The molecule has 0 aliphatic carbocycles. The van der Waals surface area contributed by atoms with E-state index in [0.717, 1.165) is 34.0 Å². The van der Waals surface area contributed by atoms with Gasteiger partial charge in [0.05, 0.1) is 11.9 Å². The van der Waals surface area contributed by atoms with Gasteiger partial charge < -0.3 is 5.32 Å². The summed E-state index contributed by atoms with van der Waals surface area (Å²) in [5.41, 5.74) is 1.14. The van der Waals surface area contributed by atoms with Crippen molar-refractivity contribution in [3.05, 3.63) is 65.7 Å². The Bertz CT molecular complexity index is 1170. The SMILES string of the molecule is CS(=O)(=O)N(CCCC(=O)Nc1nnc(SCc2ccccc2)s1)c1ccc(F)c(F)c1. The summed E-state index contributed by atoms with van der Waals surface area (Å²) in [6.07, 6.45) is 1.15. The summed E-state index contributed by atoms with van der Waals surface area (Å²) in [4.78, 5) is 12.2. The Morgan fingerprint density at radius 2 is 1.88 bits per heavy atom. The first-order valence-electron chi connectivity index (χ1n) is 9.45. The molecule has 7 nitrogen and oxygen atoms in total. The van der Waals surface area contributed by atoms with Gasteiger partial charge in [0, 0.05) is 24.8 Å².